The maximum atomic E-state index is 13.4. The molecule has 3 heterocycles. The molecule has 0 aliphatic carbocycles. The van der Waals surface area contributed by atoms with Gasteiger partial charge in [0.2, 0.25) is 0 Å². The van der Waals surface area contributed by atoms with Gasteiger partial charge in [0.05, 0.1) is 30.3 Å². The molecule has 192 valence electrons. The number of aromatic nitrogens is 5. The molecule has 0 unspecified atom stereocenters. The smallest absolute Gasteiger partial charge is 0.408 e. The average Bonchev–Trinajstić information content (AvgIpc) is 2.80. The number of carbonyl (C=O) groups is 1. The van der Waals surface area contributed by atoms with Gasteiger partial charge in [-0.2, -0.15) is 9.78 Å². The summed E-state index contributed by atoms with van der Waals surface area (Å²) < 4.78 is 8.10. The van der Waals surface area contributed by atoms with Crippen molar-refractivity contribution in [3.05, 3.63) is 80.5 Å². The van der Waals surface area contributed by atoms with Crippen molar-refractivity contribution in [1.29, 1.82) is 0 Å². The van der Waals surface area contributed by atoms with Gasteiger partial charge in [0, 0.05) is 24.1 Å². The first-order valence-corrected chi connectivity index (χ1v) is 11.9. The van der Waals surface area contributed by atoms with E-state index in [9.17, 15) is 14.4 Å². The molecule has 1 amide bonds. The molecule has 37 heavy (non-hydrogen) atoms. The fraction of sp³-hybridized carbons (Fsp3) is 0.333. The Morgan fingerprint density at radius 1 is 1.00 bits per heavy atom. The minimum atomic E-state index is -0.639. The molecule has 0 saturated heterocycles. The second-order valence-electron chi connectivity index (χ2n) is 10.1. The first-order valence-electron chi connectivity index (χ1n) is 11.9. The van der Waals surface area contributed by atoms with Crippen molar-refractivity contribution in [2.24, 2.45) is 7.05 Å². The third-order valence-corrected chi connectivity index (χ3v) is 5.84. The van der Waals surface area contributed by atoms with Crippen LogP contribution >= 0.6 is 0 Å². The summed E-state index contributed by atoms with van der Waals surface area (Å²) in [5, 5.41) is 8.32. The molecule has 3 aromatic heterocycles. The van der Waals surface area contributed by atoms with Crippen LogP contribution in [0, 0.1) is 13.8 Å². The number of hydrogen-bond acceptors (Lipinski definition) is 7. The van der Waals surface area contributed by atoms with E-state index in [4.69, 9.17) is 4.74 Å². The van der Waals surface area contributed by atoms with E-state index in [2.05, 4.69) is 20.4 Å². The highest BCUT2D eigenvalue weighted by atomic mass is 16.6. The van der Waals surface area contributed by atoms with E-state index < -0.39 is 17.7 Å². The third kappa shape index (κ3) is 5.42. The highest BCUT2D eigenvalue weighted by molar-refractivity contribution is 5.89. The first kappa shape index (κ1) is 25.7. The van der Waals surface area contributed by atoms with Crippen molar-refractivity contribution < 1.29 is 9.53 Å². The Morgan fingerprint density at radius 2 is 1.68 bits per heavy atom. The van der Waals surface area contributed by atoms with Crippen molar-refractivity contribution >= 4 is 16.9 Å². The quantitative estimate of drug-likeness (QED) is 0.451. The lowest BCUT2D eigenvalue weighted by Gasteiger charge is -2.23. The molecule has 1 atom stereocenters. The Morgan fingerprint density at radius 3 is 2.30 bits per heavy atom. The topological polar surface area (TPSA) is 121 Å². The molecule has 1 aromatic carbocycles. The fourth-order valence-corrected chi connectivity index (χ4v) is 4.12. The zero-order chi connectivity index (χ0) is 27.1. The second kappa shape index (κ2) is 9.61. The predicted molar refractivity (Wildman–Crippen MR) is 141 cm³/mol. The first-order chi connectivity index (χ1) is 17.3. The Labute approximate surface area is 214 Å². The van der Waals surface area contributed by atoms with Crippen LogP contribution in [0.3, 0.4) is 0 Å². The van der Waals surface area contributed by atoms with Gasteiger partial charge in [0.15, 0.2) is 0 Å². The van der Waals surface area contributed by atoms with Crippen molar-refractivity contribution in [2.45, 2.75) is 53.2 Å². The molecular formula is C27H30N6O4. The number of ether oxygens (including phenoxy) is 1. The van der Waals surface area contributed by atoms with Gasteiger partial charge < -0.3 is 14.6 Å². The van der Waals surface area contributed by atoms with Crippen LogP contribution < -0.4 is 16.4 Å². The molecule has 10 heteroatoms. The fourth-order valence-electron chi connectivity index (χ4n) is 4.12. The Bertz CT molecular complexity index is 1610. The standard InChI is InChI=1S/C27H30N6O4/c1-15-8-20(16(2)31-26(36)37-27(4,5)6)21-11-23(32(7)25(35)22(21)9-15)18-10-24(34)33(30-12-18)19-13-28-17(3)29-14-19/h8-14,16H,1-7H3,(H,31,36)/t16-/m1/s1. The predicted octanol–water partition coefficient (Wildman–Crippen LogP) is 3.74. The molecule has 0 aliphatic rings. The van der Waals surface area contributed by atoms with E-state index in [1.165, 1.54) is 33.9 Å². The molecule has 4 rings (SSSR count). The molecule has 10 nitrogen and oxygen atoms in total. The van der Waals surface area contributed by atoms with Gasteiger partial charge in [-0.05, 0) is 70.2 Å². The van der Waals surface area contributed by atoms with E-state index in [0.29, 0.717) is 33.5 Å². The Hall–Kier alpha value is -4.34. The molecule has 0 aliphatic heterocycles. The normalized spacial score (nSPS) is 12.4. The van der Waals surface area contributed by atoms with E-state index >= 15 is 0 Å². The highest BCUT2D eigenvalue weighted by Gasteiger charge is 2.21. The van der Waals surface area contributed by atoms with Crippen LogP contribution in [0.1, 0.15) is 50.7 Å². The third-order valence-electron chi connectivity index (χ3n) is 5.84. The van der Waals surface area contributed by atoms with Crippen LogP contribution in [-0.4, -0.2) is 36.0 Å². The summed E-state index contributed by atoms with van der Waals surface area (Å²) >= 11 is 0. The minimum absolute atomic E-state index is 0.224. The molecular weight excluding hydrogens is 472 g/mol. The number of alkyl carbamates (subject to hydrolysis) is 1. The second-order valence-corrected chi connectivity index (χ2v) is 10.1. The summed E-state index contributed by atoms with van der Waals surface area (Å²) in [5.74, 6) is 0.584. The van der Waals surface area contributed by atoms with Crippen molar-refractivity contribution in [1.82, 2.24) is 29.6 Å². The van der Waals surface area contributed by atoms with Crippen LogP contribution in [0.25, 0.3) is 27.7 Å². The number of amides is 1. The van der Waals surface area contributed by atoms with Gasteiger partial charge in [-0.25, -0.2) is 14.8 Å². The number of benzene rings is 1. The Kier molecular flexibility index (Phi) is 6.68. The van der Waals surface area contributed by atoms with Crippen LogP contribution in [0.2, 0.25) is 0 Å². The summed E-state index contributed by atoms with van der Waals surface area (Å²) in [5.41, 5.74) is 1.83. The number of nitrogens with one attached hydrogen (secondary N) is 1. The van der Waals surface area contributed by atoms with Gasteiger partial charge in [-0.15, -0.1) is 0 Å². The highest BCUT2D eigenvalue weighted by Crippen LogP contribution is 2.28. The van der Waals surface area contributed by atoms with E-state index in [-0.39, 0.29) is 11.1 Å². The number of hydrogen-bond donors (Lipinski definition) is 1. The van der Waals surface area contributed by atoms with Crippen molar-refractivity contribution in [3.8, 4) is 16.9 Å². The van der Waals surface area contributed by atoms with E-state index in [0.717, 1.165) is 11.1 Å². The van der Waals surface area contributed by atoms with Crippen LogP contribution in [0.5, 0.6) is 0 Å². The van der Waals surface area contributed by atoms with E-state index in [1.54, 1.807) is 34.7 Å². The number of fused-ring (bicyclic) bond motifs is 1. The lowest BCUT2D eigenvalue weighted by molar-refractivity contribution is 0.0508. The zero-order valence-electron chi connectivity index (χ0n) is 22.0. The lowest BCUT2D eigenvalue weighted by Crippen LogP contribution is -2.34. The van der Waals surface area contributed by atoms with Crippen molar-refractivity contribution in [2.75, 3.05) is 0 Å². The number of aryl methyl sites for hydroxylation is 2. The van der Waals surface area contributed by atoms with E-state index in [1.807, 2.05) is 32.0 Å². The summed E-state index contributed by atoms with van der Waals surface area (Å²) in [4.78, 5) is 47.0. The van der Waals surface area contributed by atoms with Gasteiger partial charge in [-0.3, -0.25) is 9.59 Å². The summed E-state index contributed by atoms with van der Waals surface area (Å²) in [6.45, 7) is 10.9. The van der Waals surface area contributed by atoms with Gasteiger partial charge in [0.25, 0.3) is 11.1 Å². The zero-order valence-corrected chi connectivity index (χ0v) is 22.0. The number of pyridine rings is 1. The van der Waals surface area contributed by atoms with Crippen molar-refractivity contribution in [3.63, 3.8) is 0 Å². The maximum Gasteiger partial charge on any atom is 0.408 e. The minimum Gasteiger partial charge on any atom is -0.444 e. The SMILES string of the molecule is Cc1cc([C@@H](C)NC(=O)OC(C)(C)C)c2cc(-c3cnn(-c4cnc(C)nc4)c(=O)c3)n(C)c(=O)c2c1. The number of nitrogens with zero attached hydrogens (tertiary/aromatic N) is 5. The summed E-state index contributed by atoms with van der Waals surface area (Å²) in [6, 6.07) is 6.57. The van der Waals surface area contributed by atoms with Gasteiger partial charge in [0.1, 0.15) is 17.1 Å². The maximum absolute atomic E-state index is 13.4. The summed E-state index contributed by atoms with van der Waals surface area (Å²) in [6.07, 6.45) is 4.02. The monoisotopic (exact) mass is 502 g/mol. The largest absolute Gasteiger partial charge is 0.444 e. The summed E-state index contributed by atoms with van der Waals surface area (Å²) in [7, 11) is 1.65. The van der Waals surface area contributed by atoms with Gasteiger partial charge >= 0.3 is 6.09 Å². The molecule has 1 N–H and O–H groups in total. The molecule has 4 aromatic rings. The molecule has 0 radical (unpaired) electrons. The molecule has 0 saturated carbocycles. The average molecular weight is 503 g/mol. The molecule has 0 fully saturated rings. The van der Waals surface area contributed by atoms with Crippen LogP contribution in [-0.2, 0) is 11.8 Å². The lowest BCUT2D eigenvalue weighted by atomic mass is 9.96. The van der Waals surface area contributed by atoms with Crippen LogP contribution in [0.4, 0.5) is 4.79 Å². The molecule has 0 bridgehead atoms. The molecule has 0 spiro atoms. The van der Waals surface area contributed by atoms with Gasteiger partial charge in [-0.1, -0.05) is 6.07 Å². The number of rotatable bonds is 4. The van der Waals surface area contributed by atoms with Crippen LogP contribution in [0.15, 0.2) is 52.4 Å². The Balaban J connectivity index is 1.81. The number of carbonyl (C=O) groups excluding carboxylic acids is 1.